The minimum absolute atomic E-state index is 0.221. The molecule has 2 amide bonds. The second-order valence-electron chi connectivity index (χ2n) is 3.44. The van der Waals surface area contributed by atoms with E-state index in [1.165, 1.54) is 16.2 Å². The SMILES string of the molecule is O=C1c2ccsc2C(=O)N1c1ccccc1. The van der Waals surface area contributed by atoms with Crippen molar-refractivity contribution in [2.45, 2.75) is 0 Å². The molecule has 0 radical (unpaired) electrons. The van der Waals surface area contributed by atoms with E-state index in [-0.39, 0.29) is 11.8 Å². The third kappa shape index (κ3) is 1.13. The van der Waals surface area contributed by atoms with Gasteiger partial charge in [0.25, 0.3) is 11.8 Å². The molecule has 1 aliphatic heterocycles. The molecule has 78 valence electrons. The summed E-state index contributed by atoms with van der Waals surface area (Å²) in [4.78, 5) is 25.7. The van der Waals surface area contributed by atoms with Crippen molar-refractivity contribution in [1.82, 2.24) is 0 Å². The largest absolute Gasteiger partial charge is 0.276 e. The topological polar surface area (TPSA) is 37.4 Å². The molecule has 0 unspecified atom stereocenters. The van der Waals surface area contributed by atoms with Gasteiger partial charge in [0.15, 0.2) is 0 Å². The molecule has 0 bridgehead atoms. The quantitative estimate of drug-likeness (QED) is 0.705. The first-order chi connectivity index (χ1) is 7.79. The molecule has 1 aromatic carbocycles. The molecule has 0 N–H and O–H groups in total. The van der Waals surface area contributed by atoms with E-state index in [1.807, 2.05) is 18.2 Å². The van der Waals surface area contributed by atoms with Crippen molar-refractivity contribution in [3.63, 3.8) is 0 Å². The maximum Gasteiger partial charge on any atom is 0.276 e. The second-order valence-corrected chi connectivity index (χ2v) is 4.36. The van der Waals surface area contributed by atoms with E-state index in [0.29, 0.717) is 16.1 Å². The zero-order valence-electron chi connectivity index (χ0n) is 8.21. The third-order valence-electron chi connectivity index (χ3n) is 2.51. The number of hydrogen-bond donors (Lipinski definition) is 0. The molecule has 3 rings (SSSR count). The molecular formula is C12H7NO2S. The highest BCUT2D eigenvalue weighted by Crippen LogP contribution is 2.31. The monoisotopic (exact) mass is 229 g/mol. The van der Waals surface area contributed by atoms with Crippen LogP contribution in [0.4, 0.5) is 5.69 Å². The van der Waals surface area contributed by atoms with E-state index in [2.05, 4.69) is 0 Å². The number of anilines is 1. The van der Waals surface area contributed by atoms with Crippen LogP contribution >= 0.6 is 11.3 Å². The van der Waals surface area contributed by atoms with Crippen LogP contribution in [0.5, 0.6) is 0 Å². The van der Waals surface area contributed by atoms with Crippen molar-refractivity contribution in [3.05, 3.63) is 52.2 Å². The van der Waals surface area contributed by atoms with Gasteiger partial charge in [-0.3, -0.25) is 9.59 Å². The number of imide groups is 1. The summed E-state index contributed by atoms with van der Waals surface area (Å²) in [6.45, 7) is 0. The Balaban J connectivity index is 2.11. The summed E-state index contributed by atoms with van der Waals surface area (Å²) < 4.78 is 0. The van der Waals surface area contributed by atoms with Gasteiger partial charge in [-0.2, -0.15) is 0 Å². The van der Waals surface area contributed by atoms with Crippen LogP contribution in [0.2, 0.25) is 0 Å². The minimum Gasteiger partial charge on any atom is -0.268 e. The molecule has 0 atom stereocenters. The van der Waals surface area contributed by atoms with Crippen molar-refractivity contribution in [2.75, 3.05) is 4.90 Å². The molecule has 4 heteroatoms. The first-order valence-electron chi connectivity index (χ1n) is 4.80. The van der Waals surface area contributed by atoms with Crippen LogP contribution in [-0.4, -0.2) is 11.8 Å². The van der Waals surface area contributed by atoms with Crippen molar-refractivity contribution >= 4 is 28.8 Å². The van der Waals surface area contributed by atoms with E-state index < -0.39 is 0 Å². The summed E-state index contributed by atoms with van der Waals surface area (Å²) in [5.41, 5.74) is 1.14. The lowest BCUT2D eigenvalue weighted by Gasteiger charge is -2.13. The zero-order chi connectivity index (χ0) is 11.1. The number of hydrogen-bond acceptors (Lipinski definition) is 3. The fraction of sp³-hybridized carbons (Fsp3) is 0. The predicted molar refractivity (Wildman–Crippen MR) is 61.9 cm³/mol. The highest BCUT2D eigenvalue weighted by molar-refractivity contribution is 7.13. The number of fused-ring (bicyclic) bond motifs is 1. The highest BCUT2D eigenvalue weighted by atomic mass is 32.1. The highest BCUT2D eigenvalue weighted by Gasteiger charge is 2.37. The van der Waals surface area contributed by atoms with Gasteiger partial charge < -0.3 is 0 Å². The first-order valence-corrected chi connectivity index (χ1v) is 5.68. The van der Waals surface area contributed by atoms with Crippen LogP contribution in [0.3, 0.4) is 0 Å². The standard InChI is InChI=1S/C12H7NO2S/c14-11-9-6-7-16-10(9)12(15)13(11)8-4-2-1-3-5-8/h1-7H. The smallest absolute Gasteiger partial charge is 0.268 e. The van der Waals surface area contributed by atoms with Crippen molar-refractivity contribution in [2.24, 2.45) is 0 Å². The zero-order valence-corrected chi connectivity index (χ0v) is 9.03. The summed E-state index contributed by atoms with van der Waals surface area (Å²) in [7, 11) is 0. The normalized spacial score (nSPS) is 14.4. The molecular weight excluding hydrogens is 222 g/mol. The van der Waals surface area contributed by atoms with E-state index >= 15 is 0 Å². The summed E-state index contributed by atoms with van der Waals surface area (Å²) in [6.07, 6.45) is 0. The number of nitrogens with zero attached hydrogens (tertiary/aromatic N) is 1. The molecule has 3 nitrogen and oxygen atoms in total. The summed E-state index contributed by atoms with van der Waals surface area (Å²) in [6, 6.07) is 10.7. The number of para-hydroxylation sites is 1. The maximum atomic E-state index is 12.0. The fourth-order valence-corrected chi connectivity index (χ4v) is 2.58. The van der Waals surface area contributed by atoms with Crippen LogP contribution in [0, 0.1) is 0 Å². The van der Waals surface area contributed by atoms with Gasteiger partial charge in [-0.25, -0.2) is 4.90 Å². The average molecular weight is 229 g/mol. The van der Waals surface area contributed by atoms with Gasteiger partial charge >= 0.3 is 0 Å². The molecule has 0 saturated heterocycles. The Kier molecular flexibility index (Phi) is 1.91. The van der Waals surface area contributed by atoms with Gasteiger partial charge in [-0.1, -0.05) is 18.2 Å². The first kappa shape index (κ1) is 9.30. The molecule has 0 saturated carbocycles. The van der Waals surface area contributed by atoms with E-state index in [0.717, 1.165) is 0 Å². The maximum absolute atomic E-state index is 12.0. The minimum atomic E-state index is -0.229. The van der Waals surface area contributed by atoms with Crippen molar-refractivity contribution in [1.29, 1.82) is 0 Å². The Morgan fingerprint density at radius 1 is 0.938 bits per heavy atom. The van der Waals surface area contributed by atoms with E-state index in [1.54, 1.807) is 23.6 Å². The number of carbonyl (C=O) groups excluding carboxylic acids is 2. The molecule has 1 aliphatic rings. The fourth-order valence-electron chi connectivity index (χ4n) is 1.77. The van der Waals surface area contributed by atoms with Gasteiger partial charge in [0.2, 0.25) is 0 Å². The van der Waals surface area contributed by atoms with Crippen LogP contribution in [0.1, 0.15) is 20.0 Å². The Labute approximate surface area is 95.9 Å². The number of amides is 2. The lowest BCUT2D eigenvalue weighted by molar-refractivity contribution is 0.0927. The van der Waals surface area contributed by atoms with Gasteiger partial charge in [-0.15, -0.1) is 11.3 Å². The van der Waals surface area contributed by atoms with E-state index in [4.69, 9.17) is 0 Å². The average Bonchev–Trinajstić information content (AvgIpc) is 2.86. The molecule has 0 fully saturated rings. The Morgan fingerprint density at radius 2 is 1.69 bits per heavy atom. The van der Waals surface area contributed by atoms with Gasteiger partial charge in [0.05, 0.1) is 11.3 Å². The summed E-state index contributed by atoms with van der Waals surface area (Å²) in [5.74, 6) is -0.450. The Bertz CT molecular complexity index is 543. The number of thiophene rings is 1. The van der Waals surface area contributed by atoms with Crippen LogP contribution < -0.4 is 4.90 Å². The second kappa shape index (κ2) is 3.28. The predicted octanol–water partition coefficient (Wildman–Crippen LogP) is 2.55. The van der Waals surface area contributed by atoms with Gasteiger partial charge in [0.1, 0.15) is 4.88 Å². The van der Waals surface area contributed by atoms with Gasteiger partial charge in [-0.05, 0) is 23.6 Å². The summed E-state index contributed by atoms with van der Waals surface area (Å²) >= 11 is 1.31. The van der Waals surface area contributed by atoms with Crippen LogP contribution in [0.25, 0.3) is 0 Å². The molecule has 0 spiro atoms. The number of carbonyl (C=O) groups is 2. The third-order valence-corrected chi connectivity index (χ3v) is 3.41. The van der Waals surface area contributed by atoms with Crippen molar-refractivity contribution in [3.8, 4) is 0 Å². The van der Waals surface area contributed by atoms with Crippen LogP contribution in [-0.2, 0) is 0 Å². The lowest BCUT2D eigenvalue weighted by atomic mass is 10.3. The summed E-state index contributed by atoms with van der Waals surface area (Å²) in [5, 5.41) is 1.77. The lowest BCUT2D eigenvalue weighted by Crippen LogP contribution is -2.29. The van der Waals surface area contributed by atoms with Crippen molar-refractivity contribution < 1.29 is 9.59 Å². The van der Waals surface area contributed by atoms with Crippen LogP contribution in [0.15, 0.2) is 41.8 Å². The molecule has 16 heavy (non-hydrogen) atoms. The number of benzene rings is 1. The molecule has 2 aromatic rings. The Hall–Kier alpha value is -1.94. The molecule has 1 aromatic heterocycles. The molecule has 0 aliphatic carbocycles. The number of rotatable bonds is 1. The molecule has 2 heterocycles. The van der Waals surface area contributed by atoms with E-state index in [9.17, 15) is 9.59 Å². The Morgan fingerprint density at radius 3 is 2.38 bits per heavy atom. The van der Waals surface area contributed by atoms with Gasteiger partial charge in [0, 0.05) is 0 Å².